The van der Waals surface area contributed by atoms with Crippen molar-refractivity contribution in [2.75, 3.05) is 18.0 Å². The molecule has 0 unspecified atom stereocenters. The summed E-state index contributed by atoms with van der Waals surface area (Å²) in [7, 11) is 0. The van der Waals surface area contributed by atoms with E-state index in [9.17, 15) is 4.79 Å². The Kier molecular flexibility index (Phi) is 4.68. The van der Waals surface area contributed by atoms with Crippen LogP contribution in [0.25, 0.3) is 0 Å². The van der Waals surface area contributed by atoms with E-state index < -0.39 is 0 Å². The predicted molar refractivity (Wildman–Crippen MR) is 100 cm³/mol. The lowest BCUT2D eigenvalue weighted by Crippen LogP contribution is -2.36. The molecule has 1 aromatic heterocycles. The average molecular weight is 335 g/mol. The molecule has 2 heterocycles. The summed E-state index contributed by atoms with van der Waals surface area (Å²) in [6, 6.07) is 12.7. The lowest BCUT2D eigenvalue weighted by Gasteiger charge is -2.18. The Bertz CT molecular complexity index is 735. The zero-order valence-electron chi connectivity index (χ0n) is 14.6. The summed E-state index contributed by atoms with van der Waals surface area (Å²) in [4.78, 5) is 19.4. The van der Waals surface area contributed by atoms with Gasteiger partial charge in [0.1, 0.15) is 5.82 Å². The van der Waals surface area contributed by atoms with Crippen LogP contribution in [0.3, 0.4) is 0 Å². The lowest BCUT2D eigenvalue weighted by molar-refractivity contribution is 0.0934. The summed E-state index contributed by atoms with van der Waals surface area (Å²) in [6.07, 6.45) is 8.34. The number of aromatic nitrogens is 1. The maximum Gasteiger partial charge on any atom is 0.253 e. The topological polar surface area (TPSA) is 45.2 Å². The number of carbonyl (C=O) groups is 1. The molecular weight excluding hydrogens is 310 g/mol. The number of hydrogen-bond donors (Lipinski definition) is 1. The minimum atomic E-state index is -0.00940. The van der Waals surface area contributed by atoms with E-state index in [0.717, 1.165) is 44.6 Å². The number of anilines is 1. The number of hydrogen-bond acceptors (Lipinski definition) is 3. The van der Waals surface area contributed by atoms with Crippen LogP contribution in [0.4, 0.5) is 5.82 Å². The Morgan fingerprint density at radius 1 is 1.04 bits per heavy atom. The largest absolute Gasteiger partial charge is 0.357 e. The summed E-state index contributed by atoms with van der Waals surface area (Å²) in [5, 5.41) is 3.21. The molecule has 1 aliphatic heterocycles. The number of carbonyl (C=O) groups excluding carboxylic acids is 1. The van der Waals surface area contributed by atoms with Crippen molar-refractivity contribution in [3.05, 3.63) is 59.3 Å². The van der Waals surface area contributed by atoms with Gasteiger partial charge in [0, 0.05) is 25.3 Å². The second-order valence-corrected chi connectivity index (χ2v) is 7.13. The molecule has 4 heteroatoms. The predicted octanol–water partition coefficient (Wildman–Crippen LogP) is 3.36. The molecule has 1 atom stereocenters. The van der Waals surface area contributed by atoms with E-state index in [-0.39, 0.29) is 11.9 Å². The Morgan fingerprint density at radius 3 is 2.60 bits per heavy atom. The van der Waals surface area contributed by atoms with Crippen LogP contribution < -0.4 is 10.2 Å². The number of pyridine rings is 1. The van der Waals surface area contributed by atoms with E-state index in [1.807, 2.05) is 12.1 Å². The number of nitrogens with zero attached hydrogens (tertiary/aromatic N) is 2. The number of benzene rings is 1. The van der Waals surface area contributed by atoms with E-state index in [4.69, 9.17) is 0 Å². The van der Waals surface area contributed by atoms with E-state index in [1.165, 1.54) is 24.0 Å². The summed E-state index contributed by atoms with van der Waals surface area (Å²) in [5.41, 5.74) is 3.45. The molecule has 1 fully saturated rings. The number of nitrogens with one attached hydrogen (secondary N) is 1. The highest BCUT2D eigenvalue weighted by atomic mass is 16.1. The third-order valence-corrected chi connectivity index (χ3v) is 5.36. The fraction of sp³-hybridized carbons (Fsp3) is 0.429. The molecule has 0 radical (unpaired) electrons. The molecule has 1 aliphatic carbocycles. The van der Waals surface area contributed by atoms with Crippen LogP contribution in [0.1, 0.15) is 47.2 Å². The van der Waals surface area contributed by atoms with Crippen molar-refractivity contribution in [2.45, 2.75) is 44.6 Å². The lowest BCUT2D eigenvalue weighted by atomic mass is 10.0. The minimum Gasteiger partial charge on any atom is -0.357 e. The highest BCUT2D eigenvalue weighted by Gasteiger charge is 2.19. The van der Waals surface area contributed by atoms with E-state index >= 15 is 0 Å². The Balaban J connectivity index is 1.41. The molecule has 4 rings (SSSR count). The maximum atomic E-state index is 12.6. The second-order valence-electron chi connectivity index (χ2n) is 7.13. The maximum absolute atomic E-state index is 12.6. The fourth-order valence-electron chi connectivity index (χ4n) is 3.95. The fourth-order valence-corrected chi connectivity index (χ4v) is 3.95. The van der Waals surface area contributed by atoms with E-state index in [0.29, 0.717) is 5.56 Å². The van der Waals surface area contributed by atoms with Crippen molar-refractivity contribution >= 4 is 11.7 Å². The van der Waals surface area contributed by atoms with Crippen molar-refractivity contribution in [2.24, 2.45) is 0 Å². The van der Waals surface area contributed by atoms with Crippen molar-refractivity contribution < 1.29 is 4.79 Å². The normalized spacial score (nSPS) is 20.0. The van der Waals surface area contributed by atoms with Crippen molar-refractivity contribution in [3.63, 3.8) is 0 Å². The summed E-state index contributed by atoms with van der Waals surface area (Å²) in [6.45, 7) is 2.14. The van der Waals surface area contributed by atoms with Crippen LogP contribution in [-0.4, -0.2) is 30.0 Å². The van der Waals surface area contributed by atoms with Gasteiger partial charge < -0.3 is 10.2 Å². The highest BCUT2D eigenvalue weighted by molar-refractivity contribution is 5.94. The first kappa shape index (κ1) is 16.1. The average Bonchev–Trinajstić information content (AvgIpc) is 3.10. The molecule has 130 valence electrons. The number of rotatable bonds is 3. The first-order chi connectivity index (χ1) is 12.3. The number of amides is 1. The van der Waals surface area contributed by atoms with Gasteiger partial charge in [0.25, 0.3) is 5.91 Å². The molecule has 1 saturated heterocycles. The van der Waals surface area contributed by atoms with Gasteiger partial charge in [-0.15, -0.1) is 0 Å². The molecule has 0 saturated carbocycles. The van der Waals surface area contributed by atoms with Crippen LogP contribution in [0.5, 0.6) is 0 Å². The molecule has 1 aromatic carbocycles. The monoisotopic (exact) mass is 335 g/mol. The van der Waals surface area contributed by atoms with Crippen molar-refractivity contribution in [3.8, 4) is 0 Å². The van der Waals surface area contributed by atoms with Crippen molar-refractivity contribution in [1.82, 2.24) is 10.3 Å². The summed E-state index contributed by atoms with van der Waals surface area (Å²) >= 11 is 0. The molecule has 2 aliphatic rings. The number of aryl methyl sites for hydroxylation is 1. The van der Waals surface area contributed by atoms with E-state index in [2.05, 4.69) is 39.5 Å². The van der Waals surface area contributed by atoms with Crippen LogP contribution in [-0.2, 0) is 12.8 Å². The molecule has 4 nitrogen and oxygen atoms in total. The quantitative estimate of drug-likeness (QED) is 0.875. The van der Waals surface area contributed by atoms with Gasteiger partial charge in [-0.05, 0) is 61.8 Å². The van der Waals surface area contributed by atoms with Gasteiger partial charge in [-0.1, -0.05) is 24.3 Å². The van der Waals surface area contributed by atoms with Crippen LogP contribution >= 0.6 is 0 Å². The molecule has 1 amide bonds. The first-order valence-electron chi connectivity index (χ1n) is 9.38. The van der Waals surface area contributed by atoms with Gasteiger partial charge in [0.2, 0.25) is 0 Å². The molecular formula is C21H25N3O. The van der Waals surface area contributed by atoms with Crippen LogP contribution in [0, 0.1) is 0 Å². The van der Waals surface area contributed by atoms with Crippen molar-refractivity contribution in [1.29, 1.82) is 0 Å². The first-order valence-corrected chi connectivity index (χ1v) is 9.38. The number of fused-ring (bicyclic) bond motifs is 1. The standard InChI is InChI=1S/C21H25N3O/c25-21(18-10-11-20(22-15-18)24-12-3-4-13-24)23-19-9-5-8-16-6-1-2-7-17(16)14-19/h1-2,6-7,10-11,15,19H,3-5,8-9,12-14H2,(H,23,25)/t19-/m0/s1. The molecule has 0 spiro atoms. The van der Waals surface area contributed by atoms with Gasteiger partial charge in [-0.2, -0.15) is 0 Å². The van der Waals surface area contributed by atoms with Gasteiger partial charge in [0.15, 0.2) is 0 Å². The molecule has 2 aromatic rings. The SMILES string of the molecule is O=C(N[C@H]1CCCc2ccccc2C1)c1ccc(N2CCCC2)nc1. The zero-order chi connectivity index (χ0) is 17.1. The van der Waals surface area contributed by atoms with Gasteiger partial charge in [0.05, 0.1) is 5.56 Å². The van der Waals surface area contributed by atoms with Crippen LogP contribution in [0.15, 0.2) is 42.6 Å². The van der Waals surface area contributed by atoms with E-state index in [1.54, 1.807) is 6.20 Å². The third-order valence-electron chi connectivity index (χ3n) is 5.36. The second kappa shape index (κ2) is 7.26. The van der Waals surface area contributed by atoms with Gasteiger partial charge in [-0.3, -0.25) is 4.79 Å². The molecule has 1 N–H and O–H groups in total. The summed E-state index contributed by atoms with van der Waals surface area (Å²) in [5.74, 6) is 0.974. The highest BCUT2D eigenvalue weighted by Crippen LogP contribution is 2.21. The van der Waals surface area contributed by atoms with Gasteiger partial charge >= 0.3 is 0 Å². The summed E-state index contributed by atoms with van der Waals surface area (Å²) < 4.78 is 0. The Morgan fingerprint density at radius 2 is 1.84 bits per heavy atom. The van der Waals surface area contributed by atoms with Crippen LogP contribution in [0.2, 0.25) is 0 Å². The third kappa shape index (κ3) is 3.68. The smallest absolute Gasteiger partial charge is 0.253 e. The molecule has 0 bridgehead atoms. The minimum absolute atomic E-state index is 0.00940. The zero-order valence-corrected chi connectivity index (χ0v) is 14.6. The Labute approximate surface area is 149 Å². The Hall–Kier alpha value is -2.36. The van der Waals surface area contributed by atoms with Gasteiger partial charge in [-0.25, -0.2) is 4.98 Å². The molecule has 25 heavy (non-hydrogen) atoms.